The van der Waals surface area contributed by atoms with E-state index < -0.39 is 11.9 Å². The van der Waals surface area contributed by atoms with Gasteiger partial charge in [0.25, 0.3) is 5.91 Å². The van der Waals surface area contributed by atoms with Gasteiger partial charge in [-0.2, -0.15) is 0 Å². The van der Waals surface area contributed by atoms with E-state index in [9.17, 15) is 9.59 Å². The largest absolute Gasteiger partial charge is 0.373 e. The Morgan fingerprint density at radius 2 is 1.80 bits per heavy atom. The fourth-order valence-electron chi connectivity index (χ4n) is 3.90. The minimum Gasteiger partial charge on any atom is -0.373 e. The average molecular weight is 345 g/mol. The molecule has 6 heteroatoms. The first-order valence-electron chi connectivity index (χ1n) is 9.01. The second kappa shape index (κ2) is 7.54. The third kappa shape index (κ3) is 4.19. The highest BCUT2D eigenvalue weighted by molar-refractivity contribution is 5.97. The SMILES string of the molecule is C[C@@H]1CN(Cc2ccc(C(=O)N3CCC[C@@H]3C(N)=O)cc2)C[C@@H](C)O1. The Morgan fingerprint density at radius 1 is 1.16 bits per heavy atom. The molecule has 136 valence electrons. The second-order valence-corrected chi connectivity index (χ2v) is 7.21. The van der Waals surface area contributed by atoms with Gasteiger partial charge in [0.15, 0.2) is 0 Å². The zero-order valence-corrected chi connectivity index (χ0v) is 15.0. The van der Waals surface area contributed by atoms with Crippen LogP contribution in [0.4, 0.5) is 0 Å². The molecule has 2 N–H and O–H groups in total. The van der Waals surface area contributed by atoms with Crippen LogP contribution in [0.2, 0.25) is 0 Å². The minimum absolute atomic E-state index is 0.110. The van der Waals surface area contributed by atoms with E-state index in [0.717, 1.165) is 26.1 Å². The van der Waals surface area contributed by atoms with Crippen molar-refractivity contribution in [1.29, 1.82) is 0 Å². The number of benzene rings is 1. The third-order valence-electron chi connectivity index (χ3n) is 4.94. The normalized spacial score (nSPS) is 27.4. The van der Waals surface area contributed by atoms with Gasteiger partial charge in [0, 0.05) is 31.7 Å². The fourth-order valence-corrected chi connectivity index (χ4v) is 3.90. The van der Waals surface area contributed by atoms with Gasteiger partial charge >= 0.3 is 0 Å². The molecule has 0 aromatic heterocycles. The number of ether oxygens (including phenoxy) is 1. The molecule has 1 aromatic rings. The Hall–Kier alpha value is -1.92. The number of likely N-dealkylation sites (tertiary alicyclic amines) is 1. The molecular weight excluding hydrogens is 318 g/mol. The number of hydrogen-bond acceptors (Lipinski definition) is 4. The summed E-state index contributed by atoms with van der Waals surface area (Å²) in [5, 5.41) is 0. The molecule has 0 unspecified atom stereocenters. The molecule has 2 saturated heterocycles. The maximum atomic E-state index is 12.6. The zero-order chi connectivity index (χ0) is 18.0. The number of hydrogen-bond donors (Lipinski definition) is 1. The van der Waals surface area contributed by atoms with E-state index in [1.165, 1.54) is 5.56 Å². The lowest BCUT2D eigenvalue weighted by molar-refractivity contribution is -0.121. The Bertz CT molecular complexity index is 621. The van der Waals surface area contributed by atoms with E-state index in [2.05, 4.69) is 18.7 Å². The lowest BCUT2D eigenvalue weighted by Gasteiger charge is -2.35. The molecule has 3 atom stereocenters. The number of nitrogens with two attached hydrogens (primary N) is 1. The van der Waals surface area contributed by atoms with E-state index in [0.29, 0.717) is 18.5 Å². The second-order valence-electron chi connectivity index (χ2n) is 7.21. The molecule has 2 aliphatic heterocycles. The minimum atomic E-state index is -0.469. The first-order valence-corrected chi connectivity index (χ1v) is 9.01. The summed E-state index contributed by atoms with van der Waals surface area (Å²) in [6.45, 7) is 7.46. The maximum Gasteiger partial charge on any atom is 0.254 e. The van der Waals surface area contributed by atoms with Gasteiger partial charge in [0.2, 0.25) is 5.91 Å². The number of carbonyl (C=O) groups is 2. The van der Waals surface area contributed by atoms with Crippen LogP contribution in [0.1, 0.15) is 42.6 Å². The highest BCUT2D eigenvalue weighted by Gasteiger charge is 2.33. The van der Waals surface area contributed by atoms with Gasteiger partial charge in [-0.25, -0.2) is 0 Å². The van der Waals surface area contributed by atoms with Crippen LogP contribution in [0.3, 0.4) is 0 Å². The summed E-state index contributed by atoms with van der Waals surface area (Å²) in [7, 11) is 0. The summed E-state index contributed by atoms with van der Waals surface area (Å²) < 4.78 is 5.76. The molecule has 25 heavy (non-hydrogen) atoms. The summed E-state index contributed by atoms with van der Waals surface area (Å²) in [4.78, 5) is 28.1. The van der Waals surface area contributed by atoms with Crippen molar-refractivity contribution in [2.75, 3.05) is 19.6 Å². The summed E-state index contributed by atoms with van der Waals surface area (Å²) >= 11 is 0. The van der Waals surface area contributed by atoms with Gasteiger partial charge in [-0.05, 0) is 44.4 Å². The number of primary amides is 1. The van der Waals surface area contributed by atoms with Gasteiger partial charge in [0.05, 0.1) is 12.2 Å². The lowest BCUT2D eigenvalue weighted by Crippen LogP contribution is -2.44. The molecule has 6 nitrogen and oxygen atoms in total. The Kier molecular flexibility index (Phi) is 5.39. The topological polar surface area (TPSA) is 75.9 Å². The van der Waals surface area contributed by atoms with E-state index in [-0.39, 0.29) is 18.1 Å². The molecule has 0 radical (unpaired) electrons. The Labute approximate surface area is 148 Å². The van der Waals surface area contributed by atoms with Crippen LogP contribution >= 0.6 is 0 Å². The first kappa shape index (κ1) is 17.9. The van der Waals surface area contributed by atoms with Crippen molar-refractivity contribution >= 4 is 11.8 Å². The molecular formula is C19H27N3O3. The average Bonchev–Trinajstić information content (AvgIpc) is 3.04. The molecule has 0 aliphatic carbocycles. The van der Waals surface area contributed by atoms with Crippen molar-refractivity contribution in [2.45, 2.75) is 51.5 Å². The van der Waals surface area contributed by atoms with Gasteiger partial charge in [0.1, 0.15) is 6.04 Å². The van der Waals surface area contributed by atoms with Gasteiger partial charge in [-0.3, -0.25) is 14.5 Å². The molecule has 0 spiro atoms. The summed E-state index contributed by atoms with van der Waals surface area (Å²) in [6, 6.07) is 7.21. The third-order valence-corrected chi connectivity index (χ3v) is 4.94. The van der Waals surface area contributed by atoms with Crippen molar-refractivity contribution in [2.24, 2.45) is 5.73 Å². The van der Waals surface area contributed by atoms with Gasteiger partial charge in [-0.15, -0.1) is 0 Å². The molecule has 2 fully saturated rings. The summed E-state index contributed by atoms with van der Waals surface area (Å²) in [6.07, 6.45) is 1.97. The van der Waals surface area contributed by atoms with Crippen LogP contribution in [0.15, 0.2) is 24.3 Å². The van der Waals surface area contributed by atoms with Crippen LogP contribution in [0.25, 0.3) is 0 Å². The van der Waals surface area contributed by atoms with Crippen molar-refractivity contribution in [3.8, 4) is 0 Å². The predicted molar refractivity (Wildman–Crippen MR) is 95.0 cm³/mol. The molecule has 2 aliphatic rings. The van der Waals surface area contributed by atoms with Crippen LogP contribution in [0, 0.1) is 0 Å². The van der Waals surface area contributed by atoms with Crippen molar-refractivity contribution in [1.82, 2.24) is 9.80 Å². The zero-order valence-electron chi connectivity index (χ0n) is 15.0. The predicted octanol–water partition coefficient (Wildman–Crippen LogP) is 1.39. The molecule has 0 saturated carbocycles. The van der Waals surface area contributed by atoms with Crippen LogP contribution in [0.5, 0.6) is 0 Å². The van der Waals surface area contributed by atoms with Gasteiger partial charge in [-0.1, -0.05) is 12.1 Å². The molecule has 2 heterocycles. The fraction of sp³-hybridized carbons (Fsp3) is 0.579. The maximum absolute atomic E-state index is 12.6. The van der Waals surface area contributed by atoms with Gasteiger partial charge < -0.3 is 15.4 Å². The number of morpholine rings is 1. The van der Waals surface area contributed by atoms with E-state index >= 15 is 0 Å². The summed E-state index contributed by atoms with van der Waals surface area (Å²) in [5.74, 6) is -0.528. The van der Waals surface area contributed by atoms with Crippen molar-refractivity contribution in [3.63, 3.8) is 0 Å². The van der Waals surface area contributed by atoms with Crippen LogP contribution in [-0.4, -0.2) is 59.5 Å². The number of nitrogens with zero attached hydrogens (tertiary/aromatic N) is 2. The number of carbonyl (C=O) groups excluding carboxylic acids is 2. The number of amides is 2. The Balaban J connectivity index is 1.64. The van der Waals surface area contributed by atoms with Crippen molar-refractivity contribution in [3.05, 3.63) is 35.4 Å². The highest BCUT2D eigenvalue weighted by Crippen LogP contribution is 2.21. The monoisotopic (exact) mass is 345 g/mol. The molecule has 1 aromatic carbocycles. The van der Waals surface area contributed by atoms with E-state index in [1.54, 1.807) is 4.90 Å². The smallest absolute Gasteiger partial charge is 0.254 e. The van der Waals surface area contributed by atoms with E-state index in [1.807, 2.05) is 24.3 Å². The lowest BCUT2D eigenvalue weighted by atomic mass is 10.1. The van der Waals surface area contributed by atoms with Crippen LogP contribution in [-0.2, 0) is 16.1 Å². The first-order chi connectivity index (χ1) is 11.9. The molecule has 2 amide bonds. The highest BCUT2D eigenvalue weighted by atomic mass is 16.5. The number of rotatable bonds is 4. The summed E-state index contributed by atoms with van der Waals surface area (Å²) in [5.41, 5.74) is 7.19. The Morgan fingerprint density at radius 3 is 2.40 bits per heavy atom. The molecule has 3 rings (SSSR count). The van der Waals surface area contributed by atoms with E-state index in [4.69, 9.17) is 10.5 Å². The standard InChI is InChI=1S/C19H27N3O3/c1-13-10-21(11-14(2)25-13)12-15-5-7-16(8-6-15)19(24)22-9-3-4-17(22)18(20)23/h5-8,13-14,17H,3-4,9-12H2,1-2H3,(H2,20,23)/t13-,14-,17-/m1/s1. The van der Waals surface area contributed by atoms with Crippen LogP contribution < -0.4 is 5.73 Å². The van der Waals surface area contributed by atoms with Crippen molar-refractivity contribution < 1.29 is 14.3 Å². The quantitative estimate of drug-likeness (QED) is 0.895. The molecule has 0 bridgehead atoms.